The van der Waals surface area contributed by atoms with Gasteiger partial charge in [-0.25, -0.2) is 4.79 Å². The third-order valence-corrected chi connectivity index (χ3v) is 2.40. The summed E-state index contributed by atoms with van der Waals surface area (Å²) in [5.74, 6) is 0. The van der Waals surface area contributed by atoms with Crippen molar-refractivity contribution in [3.05, 3.63) is 24.0 Å². The summed E-state index contributed by atoms with van der Waals surface area (Å²) in [6.07, 6.45) is 2.66. The van der Waals surface area contributed by atoms with Crippen molar-refractivity contribution in [3.63, 3.8) is 0 Å². The molecule has 0 aliphatic carbocycles. The molecular formula is C11H17N3O2. The van der Waals surface area contributed by atoms with E-state index in [0.717, 1.165) is 11.3 Å². The van der Waals surface area contributed by atoms with Crippen molar-refractivity contribution in [2.45, 2.75) is 6.92 Å². The molecule has 0 aliphatic heterocycles. The summed E-state index contributed by atoms with van der Waals surface area (Å²) in [5.41, 5.74) is 2.09. The van der Waals surface area contributed by atoms with Crippen LogP contribution in [0.15, 0.2) is 18.5 Å². The molecule has 0 bridgehead atoms. The minimum Gasteiger partial charge on any atom is -0.465 e. The third kappa shape index (κ3) is 3.42. The molecule has 0 atom stereocenters. The first-order valence-electron chi connectivity index (χ1n) is 5.07. The van der Waals surface area contributed by atoms with Crippen molar-refractivity contribution in [2.24, 2.45) is 0 Å². The molecule has 1 rings (SSSR count). The van der Waals surface area contributed by atoms with Gasteiger partial charge in [-0.1, -0.05) is 0 Å². The number of hydrogen-bond donors (Lipinski definition) is 1. The molecule has 1 aromatic rings. The zero-order valence-corrected chi connectivity index (χ0v) is 9.84. The van der Waals surface area contributed by atoms with Gasteiger partial charge in [0.05, 0.1) is 11.9 Å². The van der Waals surface area contributed by atoms with Gasteiger partial charge < -0.3 is 14.9 Å². The highest BCUT2D eigenvalue weighted by atomic mass is 16.4. The lowest BCUT2D eigenvalue weighted by molar-refractivity contribution is 0.157. The molecule has 1 N–H and O–H groups in total. The minimum atomic E-state index is -0.907. The van der Waals surface area contributed by atoms with E-state index in [0.29, 0.717) is 13.1 Å². The van der Waals surface area contributed by atoms with Crippen molar-refractivity contribution < 1.29 is 9.90 Å². The topological polar surface area (TPSA) is 56.7 Å². The van der Waals surface area contributed by atoms with E-state index in [-0.39, 0.29) is 0 Å². The molecule has 1 aromatic heterocycles. The molecule has 0 aromatic carbocycles. The largest absolute Gasteiger partial charge is 0.465 e. The van der Waals surface area contributed by atoms with Crippen LogP contribution in [0.2, 0.25) is 0 Å². The molecule has 88 valence electrons. The maximum Gasteiger partial charge on any atom is 0.407 e. The van der Waals surface area contributed by atoms with Gasteiger partial charge in [0.1, 0.15) is 0 Å². The Balaban J connectivity index is 2.52. The molecular weight excluding hydrogens is 206 g/mol. The number of rotatable bonds is 4. The van der Waals surface area contributed by atoms with Gasteiger partial charge in [-0.2, -0.15) is 0 Å². The molecule has 5 nitrogen and oxygen atoms in total. The van der Waals surface area contributed by atoms with Crippen LogP contribution in [0.1, 0.15) is 5.56 Å². The maximum absolute atomic E-state index is 10.6. The van der Waals surface area contributed by atoms with Gasteiger partial charge in [0.2, 0.25) is 0 Å². The summed E-state index contributed by atoms with van der Waals surface area (Å²) in [5, 5.41) is 8.70. The van der Waals surface area contributed by atoms with Crippen molar-refractivity contribution in [3.8, 4) is 0 Å². The highest BCUT2D eigenvalue weighted by molar-refractivity contribution is 5.64. The van der Waals surface area contributed by atoms with Gasteiger partial charge in [-0.3, -0.25) is 4.98 Å². The normalized spacial score (nSPS) is 9.94. The van der Waals surface area contributed by atoms with Gasteiger partial charge in [0, 0.05) is 33.4 Å². The second-order valence-corrected chi connectivity index (χ2v) is 3.85. The zero-order chi connectivity index (χ0) is 12.1. The third-order valence-electron chi connectivity index (χ3n) is 2.40. The van der Waals surface area contributed by atoms with Crippen LogP contribution >= 0.6 is 0 Å². The van der Waals surface area contributed by atoms with Crippen LogP contribution in [-0.2, 0) is 0 Å². The predicted octanol–water partition coefficient (Wildman–Crippen LogP) is 1.44. The summed E-state index contributed by atoms with van der Waals surface area (Å²) in [6.45, 7) is 3.10. The fourth-order valence-electron chi connectivity index (χ4n) is 1.27. The van der Waals surface area contributed by atoms with Crippen molar-refractivity contribution >= 4 is 11.8 Å². The Morgan fingerprint density at radius 1 is 1.38 bits per heavy atom. The Bertz CT molecular complexity index is 368. The summed E-state index contributed by atoms with van der Waals surface area (Å²) in [4.78, 5) is 17.9. The SMILES string of the molecule is Cc1cncc(N(C)CCN(C)C(=O)O)c1. The lowest BCUT2D eigenvalue weighted by atomic mass is 10.3. The zero-order valence-electron chi connectivity index (χ0n) is 9.84. The molecule has 1 heterocycles. The van der Waals surface area contributed by atoms with Crippen LogP contribution < -0.4 is 4.90 Å². The van der Waals surface area contributed by atoms with Crippen LogP contribution in [0.25, 0.3) is 0 Å². The quantitative estimate of drug-likeness (QED) is 0.839. The summed E-state index contributed by atoms with van der Waals surface area (Å²) >= 11 is 0. The average molecular weight is 223 g/mol. The maximum atomic E-state index is 10.6. The van der Waals surface area contributed by atoms with Crippen LogP contribution in [0.5, 0.6) is 0 Å². The van der Waals surface area contributed by atoms with Crippen LogP contribution in [-0.4, -0.2) is 48.3 Å². The first kappa shape index (κ1) is 12.3. The first-order chi connectivity index (χ1) is 7.50. The highest BCUT2D eigenvalue weighted by Gasteiger charge is 2.07. The summed E-state index contributed by atoms with van der Waals surface area (Å²) in [7, 11) is 3.48. The molecule has 0 spiro atoms. The molecule has 5 heteroatoms. The number of anilines is 1. The van der Waals surface area contributed by atoms with Crippen molar-refractivity contribution in [2.75, 3.05) is 32.1 Å². The number of aryl methyl sites for hydroxylation is 1. The number of carboxylic acid groups (broad SMARTS) is 1. The molecule has 16 heavy (non-hydrogen) atoms. The van der Waals surface area contributed by atoms with Crippen molar-refractivity contribution in [1.82, 2.24) is 9.88 Å². The number of amides is 1. The monoisotopic (exact) mass is 223 g/mol. The molecule has 0 saturated heterocycles. The Kier molecular flexibility index (Phi) is 4.10. The summed E-state index contributed by atoms with van der Waals surface area (Å²) < 4.78 is 0. The van der Waals surface area contributed by atoms with E-state index in [1.54, 1.807) is 19.4 Å². The fourth-order valence-corrected chi connectivity index (χ4v) is 1.27. The van der Waals surface area contributed by atoms with E-state index in [1.165, 1.54) is 4.90 Å². The Hall–Kier alpha value is -1.78. The van der Waals surface area contributed by atoms with E-state index in [1.807, 2.05) is 24.9 Å². The highest BCUT2D eigenvalue weighted by Crippen LogP contribution is 2.11. The number of likely N-dealkylation sites (N-methyl/N-ethyl adjacent to an activating group) is 2. The number of carbonyl (C=O) groups is 1. The van der Waals surface area contributed by atoms with Crippen LogP contribution in [0, 0.1) is 6.92 Å². The number of nitrogens with zero attached hydrogens (tertiary/aromatic N) is 3. The smallest absolute Gasteiger partial charge is 0.407 e. The fraction of sp³-hybridized carbons (Fsp3) is 0.455. The summed E-state index contributed by atoms with van der Waals surface area (Å²) in [6, 6.07) is 2.02. The molecule has 0 unspecified atom stereocenters. The Morgan fingerprint density at radius 2 is 2.06 bits per heavy atom. The van der Waals surface area contributed by atoms with E-state index in [4.69, 9.17) is 5.11 Å². The van der Waals surface area contributed by atoms with Gasteiger partial charge in [0.25, 0.3) is 0 Å². The van der Waals surface area contributed by atoms with Gasteiger partial charge in [0.15, 0.2) is 0 Å². The van der Waals surface area contributed by atoms with E-state index in [2.05, 4.69) is 4.98 Å². The standard InChI is InChI=1S/C11H17N3O2/c1-9-6-10(8-12-7-9)13(2)4-5-14(3)11(15)16/h6-8H,4-5H2,1-3H3,(H,15,16). The average Bonchev–Trinajstić information content (AvgIpc) is 2.25. The molecule has 0 saturated carbocycles. The predicted molar refractivity (Wildman–Crippen MR) is 62.9 cm³/mol. The van der Waals surface area contributed by atoms with E-state index in [9.17, 15) is 4.79 Å². The second-order valence-electron chi connectivity index (χ2n) is 3.85. The molecule has 1 amide bonds. The molecule has 0 radical (unpaired) electrons. The Labute approximate surface area is 95.3 Å². The van der Waals surface area contributed by atoms with Crippen LogP contribution in [0.4, 0.5) is 10.5 Å². The number of hydrogen-bond acceptors (Lipinski definition) is 3. The first-order valence-corrected chi connectivity index (χ1v) is 5.07. The van der Waals surface area contributed by atoms with Crippen LogP contribution in [0.3, 0.4) is 0 Å². The second kappa shape index (κ2) is 5.34. The van der Waals surface area contributed by atoms with E-state index < -0.39 is 6.09 Å². The number of pyridine rings is 1. The molecule has 0 aliphatic rings. The van der Waals surface area contributed by atoms with Gasteiger partial charge in [-0.05, 0) is 18.6 Å². The minimum absolute atomic E-state index is 0.472. The van der Waals surface area contributed by atoms with E-state index >= 15 is 0 Å². The van der Waals surface area contributed by atoms with Gasteiger partial charge in [-0.15, -0.1) is 0 Å². The van der Waals surface area contributed by atoms with Gasteiger partial charge >= 0.3 is 6.09 Å². The Morgan fingerprint density at radius 3 is 2.62 bits per heavy atom. The lowest BCUT2D eigenvalue weighted by Crippen LogP contribution is -2.33. The van der Waals surface area contributed by atoms with Crippen molar-refractivity contribution in [1.29, 1.82) is 0 Å². The number of aromatic nitrogens is 1. The lowest BCUT2D eigenvalue weighted by Gasteiger charge is -2.22. The molecule has 0 fully saturated rings.